The number of nitrogens with one attached hydrogen (secondary N) is 1. The summed E-state index contributed by atoms with van der Waals surface area (Å²) in [4.78, 5) is 25.9. The number of alkyl carbamates (subject to hydrolysis) is 1. The topological polar surface area (TPSA) is 58.6 Å². The highest BCUT2D eigenvalue weighted by Crippen LogP contribution is 2.58. The second kappa shape index (κ2) is 8.01. The number of likely N-dealkylation sites (tertiary alicyclic amines) is 1. The normalized spacial score (nSPS) is 24.5. The predicted octanol–water partition coefficient (Wildman–Crippen LogP) is 3.65. The molecule has 0 radical (unpaired) electrons. The molecule has 2 fully saturated rings. The zero-order valence-corrected chi connectivity index (χ0v) is 16.0. The lowest BCUT2D eigenvalue weighted by Crippen LogP contribution is -2.41. The average molecular weight is 398 g/mol. The van der Waals surface area contributed by atoms with Gasteiger partial charge in [0.1, 0.15) is 0 Å². The Morgan fingerprint density at radius 1 is 1.21 bits per heavy atom. The number of benzene rings is 1. The van der Waals surface area contributed by atoms with E-state index in [1.165, 1.54) is 7.11 Å². The van der Waals surface area contributed by atoms with Crippen molar-refractivity contribution in [3.8, 4) is 0 Å². The number of methoxy groups -OCH3 is 1. The summed E-state index contributed by atoms with van der Waals surface area (Å²) in [5, 5.41) is 2.60. The number of piperidine rings is 1. The maximum Gasteiger partial charge on any atom is 0.416 e. The molecule has 4 atom stereocenters. The van der Waals surface area contributed by atoms with E-state index < -0.39 is 17.8 Å². The number of fused-ring (bicyclic) bond motifs is 1. The smallest absolute Gasteiger partial charge is 0.416 e. The summed E-state index contributed by atoms with van der Waals surface area (Å²) in [6, 6.07) is 5.36. The van der Waals surface area contributed by atoms with Gasteiger partial charge in [-0.1, -0.05) is 25.5 Å². The van der Waals surface area contributed by atoms with E-state index in [9.17, 15) is 22.8 Å². The molecule has 1 saturated carbocycles. The minimum atomic E-state index is -4.33. The summed E-state index contributed by atoms with van der Waals surface area (Å²) >= 11 is 0. The Labute approximate surface area is 162 Å². The van der Waals surface area contributed by atoms with Crippen molar-refractivity contribution in [3.05, 3.63) is 35.4 Å². The summed E-state index contributed by atoms with van der Waals surface area (Å²) in [5.74, 6) is 0.569. The molecule has 0 bridgehead atoms. The van der Waals surface area contributed by atoms with Gasteiger partial charge in [-0.05, 0) is 41.9 Å². The van der Waals surface area contributed by atoms with Crippen molar-refractivity contribution in [2.24, 2.45) is 17.8 Å². The third-order valence-electron chi connectivity index (χ3n) is 5.79. The van der Waals surface area contributed by atoms with Crippen molar-refractivity contribution in [1.29, 1.82) is 0 Å². The van der Waals surface area contributed by atoms with Crippen molar-refractivity contribution in [1.82, 2.24) is 10.2 Å². The first-order valence-corrected chi connectivity index (χ1v) is 9.54. The summed E-state index contributed by atoms with van der Waals surface area (Å²) in [7, 11) is 1.28. The van der Waals surface area contributed by atoms with Crippen molar-refractivity contribution in [2.45, 2.75) is 31.9 Å². The fourth-order valence-electron chi connectivity index (χ4n) is 4.29. The van der Waals surface area contributed by atoms with Crippen LogP contribution in [0.3, 0.4) is 0 Å². The molecule has 1 saturated heterocycles. The van der Waals surface area contributed by atoms with E-state index in [1.807, 2.05) is 11.8 Å². The lowest BCUT2D eigenvalue weighted by atomic mass is 10.0. The Balaban J connectivity index is 1.55. The first kappa shape index (κ1) is 20.5. The number of nitrogens with zero attached hydrogens (tertiary/aromatic N) is 1. The summed E-state index contributed by atoms with van der Waals surface area (Å²) in [6.45, 7) is 3.47. The maximum absolute atomic E-state index is 12.8. The molecule has 1 aromatic rings. The van der Waals surface area contributed by atoms with Crippen LogP contribution < -0.4 is 5.32 Å². The van der Waals surface area contributed by atoms with Crippen LogP contribution in [0.1, 0.15) is 36.8 Å². The number of carbonyl (C=O) groups excluding carboxylic acids is 2. The molecule has 5 nitrogen and oxygen atoms in total. The number of amides is 2. The zero-order chi connectivity index (χ0) is 20.5. The van der Waals surface area contributed by atoms with Crippen LogP contribution in [-0.2, 0) is 15.7 Å². The van der Waals surface area contributed by atoms with Gasteiger partial charge in [0.2, 0.25) is 5.91 Å². The van der Waals surface area contributed by atoms with Crippen LogP contribution in [0.4, 0.5) is 18.0 Å². The Morgan fingerprint density at radius 3 is 2.32 bits per heavy atom. The van der Waals surface area contributed by atoms with Gasteiger partial charge < -0.3 is 15.0 Å². The van der Waals surface area contributed by atoms with E-state index >= 15 is 0 Å². The van der Waals surface area contributed by atoms with Gasteiger partial charge in [0, 0.05) is 19.6 Å². The predicted molar refractivity (Wildman–Crippen MR) is 96.6 cm³/mol. The molecule has 1 unspecified atom stereocenters. The molecule has 1 aliphatic heterocycles. The molecule has 154 valence electrons. The lowest BCUT2D eigenvalue weighted by molar-refractivity contribution is -0.137. The Kier molecular flexibility index (Phi) is 5.86. The number of rotatable bonds is 6. The van der Waals surface area contributed by atoms with Gasteiger partial charge in [-0.15, -0.1) is 0 Å². The van der Waals surface area contributed by atoms with Crippen LogP contribution in [0.25, 0.3) is 0 Å². The molecular formula is C20H25F3N2O3. The molecular weight excluding hydrogens is 373 g/mol. The number of alkyl halides is 3. The first-order valence-electron chi connectivity index (χ1n) is 9.54. The number of hydrogen-bond donors (Lipinski definition) is 1. The second-order valence-corrected chi connectivity index (χ2v) is 7.57. The minimum absolute atomic E-state index is 0.0247. The molecule has 1 N–H and O–H groups in total. The third kappa shape index (κ3) is 4.25. The fraction of sp³-hybridized carbons (Fsp3) is 0.600. The van der Waals surface area contributed by atoms with E-state index in [4.69, 9.17) is 0 Å². The van der Waals surface area contributed by atoms with Crippen molar-refractivity contribution >= 4 is 12.0 Å². The lowest BCUT2D eigenvalue weighted by Gasteiger charge is -2.25. The quantitative estimate of drug-likeness (QED) is 0.796. The monoisotopic (exact) mass is 398 g/mol. The Morgan fingerprint density at radius 2 is 1.82 bits per heavy atom. The largest absolute Gasteiger partial charge is 0.453 e. The Hall–Kier alpha value is -2.25. The van der Waals surface area contributed by atoms with Crippen LogP contribution in [0.2, 0.25) is 0 Å². The summed E-state index contributed by atoms with van der Waals surface area (Å²) in [5.41, 5.74) is 0.270. The number of carbonyl (C=O) groups is 2. The highest BCUT2D eigenvalue weighted by molar-refractivity contribution is 5.80. The SMILES string of the molecule is CCC[C@H](CNC(=O)OC)C(=O)N1C[C@@H]2C(c3ccc(C(F)(F)F)cc3)[C@@H]2C1. The molecule has 0 spiro atoms. The van der Waals surface area contributed by atoms with Gasteiger partial charge in [0.05, 0.1) is 18.6 Å². The first-order chi connectivity index (χ1) is 13.3. The van der Waals surface area contributed by atoms with E-state index in [1.54, 1.807) is 12.1 Å². The van der Waals surface area contributed by atoms with Crippen LogP contribution in [0, 0.1) is 17.8 Å². The van der Waals surface area contributed by atoms with E-state index in [2.05, 4.69) is 10.1 Å². The fourth-order valence-corrected chi connectivity index (χ4v) is 4.29. The maximum atomic E-state index is 12.8. The van der Waals surface area contributed by atoms with Crippen LogP contribution in [0.15, 0.2) is 24.3 Å². The van der Waals surface area contributed by atoms with Gasteiger partial charge in [-0.25, -0.2) is 4.79 Å². The summed E-state index contributed by atoms with van der Waals surface area (Å²) < 4.78 is 42.7. The van der Waals surface area contributed by atoms with Crippen LogP contribution >= 0.6 is 0 Å². The molecule has 28 heavy (non-hydrogen) atoms. The molecule has 0 aromatic heterocycles. The van der Waals surface area contributed by atoms with E-state index in [-0.39, 0.29) is 24.3 Å². The van der Waals surface area contributed by atoms with Crippen molar-refractivity contribution in [2.75, 3.05) is 26.7 Å². The second-order valence-electron chi connectivity index (χ2n) is 7.57. The highest BCUT2D eigenvalue weighted by Gasteiger charge is 2.57. The van der Waals surface area contributed by atoms with Gasteiger partial charge in [-0.3, -0.25) is 4.79 Å². The number of ether oxygens (including phenoxy) is 1. The standard InChI is InChI=1S/C20H25F3N2O3/c1-3-4-13(9-24-19(27)28-2)18(26)25-10-15-16(11-25)17(15)12-5-7-14(8-6-12)20(21,22)23/h5-8,13,15-17H,3-4,9-11H2,1-2H3,(H,24,27)/t13-,15-,16+,17?/m1/s1. The number of hydrogen-bond acceptors (Lipinski definition) is 3. The minimum Gasteiger partial charge on any atom is -0.453 e. The molecule has 1 aromatic carbocycles. The molecule has 8 heteroatoms. The van der Waals surface area contributed by atoms with Crippen molar-refractivity contribution < 1.29 is 27.5 Å². The van der Waals surface area contributed by atoms with Crippen LogP contribution in [-0.4, -0.2) is 43.6 Å². The molecule has 2 aliphatic rings. The average Bonchev–Trinajstić information content (AvgIpc) is 3.16. The zero-order valence-electron chi connectivity index (χ0n) is 16.0. The van der Waals surface area contributed by atoms with Gasteiger partial charge in [0.25, 0.3) is 0 Å². The van der Waals surface area contributed by atoms with Gasteiger partial charge >= 0.3 is 12.3 Å². The molecule has 3 rings (SSSR count). The third-order valence-corrected chi connectivity index (χ3v) is 5.79. The van der Waals surface area contributed by atoms with E-state index in [0.717, 1.165) is 24.1 Å². The molecule has 1 aliphatic carbocycles. The summed E-state index contributed by atoms with van der Waals surface area (Å²) in [6.07, 6.45) is -3.38. The van der Waals surface area contributed by atoms with Crippen molar-refractivity contribution in [3.63, 3.8) is 0 Å². The van der Waals surface area contributed by atoms with Gasteiger partial charge in [0.15, 0.2) is 0 Å². The highest BCUT2D eigenvalue weighted by atomic mass is 19.4. The molecule has 2 amide bonds. The number of halogens is 3. The van der Waals surface area contributed by atoms with Crippen LogP contribution in [0.5, 0.6) is 0 Å². The Bertz CT molecular complexity index is 708. The van der Waals surface area contributed by atoms with E-state index in [0.29, 0.717) is 31.3 Å². The molecule has 1 heterocycles. The van der Waals surface area contributed by atoms with Gasteiger partial charge in [-0.2, -0.15) is 13.2 Å².